The van der Waals surface area contributed by atoms with Gasteiger partial charge in [0.15, 0.2) is 22.9 Å². The van der Waals surface area contributed by atoms with Crippen LogP contribution in [0, 0.1) is 5.92 Å². The average Bonchev–Trinajstić information content (AvgIpc) is 2.78. The lowest BCUT2D eigenvalue weighted by atomic mass is 9.47. The Hall–Kier alpha value is -1.26. The zero-order valence-corrected chi connectivity index (χ0v) is 14.3. The molecule has 4 atom stereocenters. The number of phenolic OH excluding ortho intramolecular Hbond substituents is 1. The number of carbonyl (C=O) groups excluding carboxylic acids is 1. The molecule has 2 bridgehead atoms. The molecular weight excluding hydrogens is 314 g/mol. The monoisotopic (exact) mass is 335 g/mol. The molecule has 1 saturated heterocycles. The van der Waals surface area contributed by atoms with E-state index in [4.69, 9.17) is 4.74 Å². The van der Waals surface area contributed by atoms with E-state index in [9.17, 15) is 9.90 Å². The van der Waals surface area contributed by atoms with Gasteiger partial charge in [0.2, 0.25) is 0 Å². The second-order valence-corrected chi connectivity index (χ2v) is 7.63. The number of benzene rings is 1. The van der Waals surface area contributed by atoms with E-state index in [0.717, 1.165) is 31.4 Å². The zero-order valence-electron chi connectivity index (χ0n) is 13.5. The Balaban J connectivity index is 0.00000135. The summed E-state index contributed by atoms with van der Waals surface area (Å²) in [4.78, 5) is 15.3. The molecule has 23 heavy (non-hydrogen) atoms. The number of aromatic hydroxyl groups is 1. The maximum absolute atomic E-state index is 12.8. The number of halogens is 1. The molecule has 2 fully saturated rings. The molecule has 1 aromatic rings. The molecule has 5 heteroatoms. The number of Topliss-reactive ketones (excluding diaryl/α,β-unsaturated/α-hetero) is 1. The predicted octanol–water partition coefficient (Wildman–Crippen LogP) is 2.44. The van der Waals surface area contributed by atoms with Gasteiger partial charge in [-0.3, -0.25) is 4.79 Å². The van der Waals surface area contributed by atoms with Gasteiger partial charge in [-0.05, 0) is 57.3 Å². The Bertz CT molecular complexity index is 720. The number of hydrogen-bond donors (Lipinski definition) is 1. The lowest BCUT2D eigenvalue weighted by Crippen LogP contribution is -2.70. The summed E-state index contributed by atoms with van der Waals surface area (Å²) in [6.07, 6.45) is 3.48. The van der Waals surface area contributed by atoms with E-state index >= 15 is 0 Å². The predicted molar refractivity (Wildman–Crippen MR) is 88.5 cm³/mol. The van der Waals surface area contributed by atoms with Gasteiger partial charge in [0.1, 0.15) is 0 Å². The van der Waals surface area contributed by atoms with Crippen LogP contribution in [0.1, 0.15) is 37.3 Å². The minimum absolute atomic E-state index is 0. The van der Waals surface area contributed by atoms with Crippen molar-refractivity contribution in [2.24, 2.45) is 5.92 Å². The van der Waals surface area contributed by atoms with Gasteiger partial charge < -0.3 is 14.7 Å². The van der Waals surface area contributed by atoms with Crippen molar-refractivity contribution >= 4 is 18.2 Å². The molecule has 5 rings (SSSR count). The number of ether oxygens (including phenoxy) is 1. The summed E-state index contributed by atoms with van der Waals surface area (Å²) < 4.78 is 6.23. The van der Waals surface area contributed by atoms with Crippen molar-refractivity contribution in [1.29, 1.82) is 0 Å². The topological polar surface area (TPSA) is 49.8 Å². The second-order valence-electron chi connectivity index (χ2n) is 7.63. The Morgan fingerprint density at radius 3 is 2.96 bits per heavy atom. The van der Waals surface area contributed by atoms with E-state index in [-0.39, 0.29) is 29.4 Å². The van der Waals surface area contributed by atoms with E-state index in [1.54, 1.807) is 6.07 Å². The molecule has 1 aromatic carbocycles. The van der Waals surface area contributed by atoms with Crippen molar-refractivity contribution in [3.63, 3.8) is 0 Å². The molecule has 2 aliphatic heterocycles. The number of nitrogens with zero attached hydrogens (tertiary/aromatic N) is 1. The first-order valence-corrected chi connectivity index (χ1v) is 8.27. The van der Waals surface area contributed by atoms with Crippen molar-refractivity contribution in [1.82, 2.24) is 4.90 Å². The van der Waals surface area contributed by atoms with E-state index in [1.165, 1.54) is 5.56 Å². The second kappa shape index (κ2) is 4.42. The molecule has 2 heterocycles. The van der Waals surface area contributed by atoms with Crippen molar-refractivity contribution in [3.8, 4) is 11.5 Å². The van der Waals surface area contributed by atoms with Crippen molar-refractivity contribution in [2.75, 3.05) is 13.6 Å². The molecule has 1 spiro atoms. The lowest BCUT2D eigenvalue weighted by Gasteiger charge is -2.60. The van der Waals surface area contributed by atoms with Crippen LogP contribution in [0.4, 0.5) is 0 Å². The molecule has 0 aromatic heterocycles. The molecule has 4 unspecified atom stereocenters. The quantitative estimate of drug-likeness (QED) is 0.791. The first kappa shape index (κ1) is 15.3. The standard InChI is InChI=1S/C18H21NO3.ClH/c1-17-14(21)6-4-11-12-9-10-3-5-13(20)16(22-17)15(10)18(11,17)7-8-19(12)2;/h3,5,11-12,20H,4,6-9H2,1-2H3;1H. The Morgan fingerprint density at radius 1 is 1.39 bits per heavy atom. The number of rotatable bonds is 0. The highest BCUT2D eigenvalue weighted by Gasteiger charge is 2.71. The summed E-state index contributed by atoms with van der Waals surface area (Å²) in [5.41, 5.74) is 1.38. The highest BCUT2D eigenvalue weighted by molar-refractivity contribution is 5.93. The largest absolute Gasteiger partial charge is 0.504 e. The summed E-state index contributed by atoms with van der Waals surface area (Å²) in [7, 11) is 2.20. The number of carbonyl (C=O) groups is 1. The first-order valence-electron chi connectivity index (χ1n) is 8.27. The summed E-state index contributed by atoms with van der Waals surface area (Å²) in [5.74, 6) is 1.43. The smallest absolute Gasteiger partial charge is 0.177 e. The highest BCUT2D eigenvalue weighted by atomic mass is 35.5. The molecular formula is C18H22ClNO3. The Kier molecular flexibility index (Phi) is 2.94. The van der Waals surface area contributed by atoms with Gasteiger partial charge in [0.05, 0.1) is 5.41 Å². The fourth-order valence-corrected chi connectivity index (χ4v) is 5.94. The summed E-state index contributed by atoms with van der Waals surface area (Å²) >= 11 is 0. The fourth-order valence-electron chi connectivity index (χ4n) is 5.94. The van der Waals surface area contributed by atoms with Crippen LogP contribution in [0.25, 0.3) is 0 Å². The average molecular weight is 336 g/mol. The van der Waals surface area contributed by atoms with Crippen LogP contribution in [0.15, 0.2) is 12.1 Å². The molecule has 4 aliphatic rings. The third-order valence-electron chi connectivity index (χ3n) is 6.99. The number of likely N-dealkylation sites (N-methyl/N-ethyl adjacent to an activating group) is 1. The van der Waals surface area contributed by atoms with Gasteiger partial charge in [-0.15, -0.1) is 12.4 Å². The summed E-state index contributed by atoms with van der Waals surface area (Å²) in [5, 5.41) is 10.3. The van der Waals surface area contributed by atoms with Gasteiger partial charge in [-0.25, -0.2) is 0 Å². The number of phenols is 1. The van der Waals surface area contributed by atoms with Crippen LogP contribution in [0.5, 0.6) is 11.5 Å². The highest BCUT2D eigenvalue weighted by Crippen LogP contribution is 2.66. The SMILES string of the molecule is CN1CCC23c4c5ccc(O)c4OC2(C)C(=O)CCC3C1C5.Cl. The molecule has 124 valence electrons. The van der Waals surface area contributed by atoms with Crippen molar-refractivity contribution in [3.05, 3.63) is 23.3 Å². The van der Waals surface area contributed by atoms with E-state index < -0.39 is 5.60 Å². The first-order chi connectivity index (χ1) is 10.5. The lowest BCUT2D eigenvalue weighted by molar-refractivity contribution is -0.153. The fraction of sp³-hybridized carbons (Fsp3) is 0.611. The number of piperidine rings is 1. The maximum Gasteiger partial charge on any atom is 0.177 e. The minimum atomic E-state index is -0.800. The molecule has 2 aliphatic carbocycles. The zero-order chi connectivity index (χ0) is 15.3. The number of hydrogen-bond acceptors (Lipinski definition) is 4. The normalized spacial score (nSPS) is 40.2. The van der Waals surface area contributed by atoms with Gasteiger partial charge >= 0.3 is 0 Å². The van der Waals surface area contributed by atoms with Crippen LogP contribution in [0.3, 0.4) is 0 Å². The summed E-state index contributed by atoms with van der Waals surface area (Å²) in [6.45, 7) is 2.96. The Labute approximate surface area is 142 Å². The molecule has 1 saturated carbocycles. The van der Waals surface area contributed by atoms with Gasteiger partial charge in [-0.1, -0.05) is 6.07 Å². The Morgan fingerprint density at radius 2 is 2.17 bits per heavy atom. The van der Waals surface area contributed by atoms with Crippen molar-refractivity contribution < 1.29 is 14.6 Å². The van der Waals surface area contributed by atoms with Gasteiger partial charge in [-0.2, -0.15) is 0 Å². The number of ketones is 1. The van der Waals surface area contributed by atoms with E-state index in [2.05, 4.69) is 11.9 Å². The number of likely N-dealkylation sites (tertiary alicyclic amines) is 1. The van der Waals surface area contributed by atoms with Crippen LogP contribution in [0.2, 0.25) is 0 Å². The molecule has 1 N–H and O–H groups in total. The summed E-state index contributed by atoms with van der Waals surface area (Å²) in [6, 6.07) is 4.24. The third kappa shape index (κ3) is 1.46. The molecule has 0 amide bonds. The van der Waals surface area contributed by atoms with E-state index in [1.807, 2.05) is 13.0 Å². The van der Waals surface area contributed by atoms with Gasteiger partial charge in [0, 0.05) is 18.0 Å². The molecule has 0 radical (unpaired) electrons. The van der Waals surface area contributed by atoms with Crippen LogP contribution < -0.4 is 4.74 Å². The van der Waals surface area contributed by atoms with E-state index in [0.29, 0.717) is 24.1 Å². The third-order valence-corrected chi connectivity index (χ3v) is 6.99. The van der Waals surface area contributed by atoms with Gasteiger partial charge in [0.25, 0.3) is 0 Å². The minimum Gasteiger partial charge on any atom is -0.504 e. The van der Waals surface area contributed by atoms with Crippen molar-refractivity contribution in [2.45, 2.75) is 49.7 Å². The maximum atomic E-state index is 12.8. The van der Waals surface area contributed by atoms with Crippen LogP contribution in [-0.2, 0) is 16.6 Å². The van der Waals surface area contributed by atoms with Crippen LogP contribution in [-0.4, -0.2) is 41.0 Å². The van der Waals surface area contributed by atoms with Crippen LogP contribution >= 0.6 is 12.4 Å². The molecule has 4 nitrogen and oxygen atoms in total.